The number of thioether (sulfide) groups is 1. The van der Waals surface area contributed by atoms with E-state index in [4.69, 9.17) is 10.5 Å². The van der Waals surface area contributed by atoms with Crippen molar-refractivity contribution < 1.29 is 14.3 Å². The van der Waals surface area contributed by atoms with Crippen molar-refractivity contribution in [2.24, 2.45) is 11.3 Å². The van der Waals surface area contributed by atoms with Gasteiger partial charge in [0.2, 0.25) is 11.0 Å². The van der Waals surface area contributed by atoms with E-state index in [-0.39, 0.29) is 17.3 Å². The molecule has 0 saturated heterocycles. The zero-order chi connectivity index (χ0) is 21.2. The minimum absolute atomic E-state index is 0.133. The number of rotatable bonds is 6. The monoisotopic (exact) mass is 454 g/mol. The van der Waals surface area contributed by atoms with Gasteiger partial charge in [-0.3, -0.25) is 4.79 Å². The molecule has 2 aromatic rings. The fourth-order valence-electron chi connectivity index (χ4n) is 3.43. The number of esters is 1. The number of fused-ring (bicyclic) bond motifs is 1. The third kappa shape index (κ3) is 5.29. The Morgan fingerprint density at radius 2 is 2.07 bits per heavy atom. The number of hydrogen-bond acceptors (Lipinski definition) is 9. The number of amides is 1. The number of methoxy groups -OCH3 is 1. The van der Waals surface area contributed by atoms with Gasteiger partial charge in [-0.25, -0.2) is 4.79 Å². The maximum absolute atomic E-state index is 12.5. The van der Waals surface area contributed by atoms with E-state index in [0.29, 0.717) is 33.8 Å². The largest absolute Gasteiger partial charge is 0.465 e. The first-order valence-corrected chi connectivity index (χ1v) is 12.1. The number of nitrogens with zero attached hydrogens (tertiary/aromatic N) is 2. The van der Waals surface area contributed by atoms with Gasteiger partial charge in [-0.1, -0.05) is 43.9 Å². The van der Waals surface area contributed by atoms with E-state index in [0.717, 1.165) is 29.2 Å². The predicted molar refractivity (Wildman–Crippen MR) is 119 cm³/mol. The molecule has 0 aromatic carbocycles. The van der Waals surface area contributed by atoms with Crippen LogP contribution in [0, 0.1) is 11.3 Å². The summed E-state index contributed by atoms with van der Waals surface area (Å²) in [5, 5.41) is 11.6. The molecule has 0 fully saturated rings. The van der Waals surface area contributed by atoms with E-state index in [1.54, 1.807) is 0 Å². The Hall–Kier alpha value is -1.65. The van der Waals surface area contributed by atoms with Gasteiger partial charge in [-0.15, -0.1) is 21.5 Å². The van der Waals surface area contributed by atoms with E-state index in [2.05, 4.69) is 36.3 Å². The van der Waals surface area contributed by atoms with Crippen LogP contribution in [0.2, 0.25) is 0 Å². The fraction of sp³-hybridized carbons (Fsp3) is 0.579. The maximum atomic E-state index is 12.5. The number of hydrogen-bond donors (Lipinski definition) is 2. The van der Waals surface area contributed by atoms with Crippen LogP contribution in [-0.4, -0.2) is 34.9 Å². The number of ether oxygens (including phenoxy) is 1. The smallest absolute Gasteiger partial charge is 0.341 e. The lowest BCUT2D eigenvalue weighted by Gasteiger charge is -2.33. The molecule has 1 amide bonds. The van der Waals surface area contributed by atoms with E-state index >= 15 is 0 Å². The molecule has 1 unspecified atom stereocenters. The minimum atomic E-state index is -0.384. The number of anilines is 2. The molecule has 29 heavy (non-hydrogen) atoms. The average Bonchev–Trinajstić information content (AvgIpc) is 3.22. The van der Waals surface area contributed by atoms with Crippen molar-refractivity contribution in [3.8, 4) is 0 Å². The van der Waals surface area contributed by atoms with Crippen molar-refractivity contribution in [3.05, 3.63) is 16.0 Å². The van der Waals surface area contributed by atoms with Gasteiger partial charge >= 0.3 is 5.97 Å². The van der Waals surface area contributed by atoms with Crippen LogP contribution in [0.25, 0.3) is 0 Å². The Labute approximate surface area is 182 Å². The molecule has 10 heteroatoms. The van der Waals surface area contributed by atoms with Gasteiger partial charge in [0.05, 0.1) is 12.7 Å². The lowest BCUT2D eigenvalue weighted by Crippen LogP contribution is -2.26. The zero-order valence-corrected chi connectivity index (χ0v) is 19.5. The van der Waals surface area contributed by atoms with Crippen molar-refractivity contribution in [2.45, 2.75) is 50.8 Å². The van der Waals surface area contributed by atoms with Crippen LogP contribution in [-0.2, 0) is 22.4 Å². The Balaban J connectivity index is 1.70. The van der Waals surface area contributed by atoms with Crippen molar-refractivity contribution in [1.29, 1.82) is 0 Å². The summed E-state index contributed by atoms with van der Waals surface area (Å²) in [6.07, 6.45) is 3.10. The summed E-state index contributed by atoms with van der Waals surface area (Å²) in [6, 6.07) is 0. The van der Waals surface area contributed by atoms with Crippen LogP contribution in [0.1, 0.15) is 54.4 Å². The molecular formula is C19H26N4O3S3. The van der Waals surface area contributed by atoms with Crippen molar-refractivity contribution >= 4 is 56.4 Å². The van der Waals surface area contributed by atoms with Gasteiger partial charge in [-0.2, -0.15) is 0 Å². The number of carbonyl (C=O) groups excluding carboxylic acids is 2. The highest BCUT2D eigenvalue weighted by molar-refractivity contribution is 8.01. The molecule has 0 saturated carbocycles. The molecule has 2 heterocycles. The fourth-order valence-corrected chi connectivity index (χ4v) is 6.41. The van der Waals surface area contributed by atoms with Gasteiger partial charge in [0.15, 0.2) is 4.34 Å². The molecular weight excluding hydrogens is 428 g/mol. The summed E-state index contributed by atoms with van der Waals surface area (Å²) in [5.41, 5.74) is 7.34. The molecule has 1 aliphatic carbocycles. The molecule has 0 aliphatic heterocycles. The molecule has 0 radical (unpaired) electrons. The quantitative estimate of drug-likeness (QED) is 0.496. The Kier molecular flexibility index (Phi) is 6.85. The summed E-state index contributed by atoms with van der Waals surface area (Å²) in [5.74, 6) is 0.598. The van der Waals surface area contributed by atoms with Gasteiger partial charge < -0.3 is 15.8 Å². The highest BCUT2D eigenvalue weighted by atomic mass is 32.2. The Morgan fingerprint density at radius 1 is 1.31 bits per heavy atom. The first-order valence-electron chi connectivity index (χ1n) is 9.43. The van der Waals surface area contributed by atoms with Crippen LogP contribution >= 0.6 is 34.4 Å². The average molecular weight is 455 g/mol. The van der Waals surface area contributed by atoms with Gasteiger partial charge in [-0.05, 0) is 36.2 Å². The maximum Gasteiger partial charge on any atom is 0.341 e. The summed E-state index contributed by atoms with van der Waals surface area (Å²) >= 11 is 4.25. The van der Waals surface area contributed by atoms with Crippen LogP contribution in [0.15, 0.2) is 4.34 Å². The van der Waals surface area contributed by atoms with Crippen LogP contribution in [0.5, 0.6) is 0 Å². The Morgan fingerprint density at radius 3 is 2.69 bits per heavy atom. The van der Waals surface area contributed by atoms with Crippen molar-refractivity contribution in [2.75, 3.05) is 23.9 Å². The molecule has 0 spiro atoms. The summed E-state index contributed by atoms with van der Waals surface area (Å²) in [6.45, 7) is 6.76. The predicted octanol–water partition coefficient (Wildman–Crippen LogP) is 4.24. The topological polar surface area (TPSA) is 107 Å². The van der Waals surface area contributed by atoms with Crippen LogP contribution < -0.4 is 11.1 Å². The number of carbonyl (C=O) groups is 2. The summed E-state index contributed by atoms with van der Waals surface area (Å²) in [4.78, 5) is 26.1. The first-order chi connectivity index (χ1) is 13.7. The molecule has 3 N–H and O–H groups in total. The first kappa shape index (κ1) is 22.0. The van der Waals surface area contributed by atoms with Crippen LogP contribution in [0.3, 0.4) is 0 Å². The van der Waals surface area contributed by atoms with E-state index in [9.17, 15) is 9.59 Å². The van der Waals surface area contributed by atoms with Crippen LogP contribution in [0.4, 0.5) is 10.1 Å². The van der Waals surface area contributed by atoms with E-state index < -0.39 is 0 Å². The number of aromatic nitrogens is 2. The van der Waals surface area contributed by atoms with Gasteiger partial charge in [0.1, 0.15) is 5.00 Å². The zero-order valence-electron chi connectivity index (χ0n) is 17.0. The second-order valence-corrected chi connectivity index (χ2v) is 11.5. The highest BCUT2D eigenvalue weighted by Gasteiger charge is 2.34. The van der Waals surface area contributed by atoms with E-state index in [1.165, 1.54) is 46.4 Å². The summed E-state index contributed by atoms with van der Waals surface area (Å²) < 4.78 is 5.75. The normalized spacial score (nSPS) is 16.3. The van der Waals surface area contributed by atoms with E-state index in [1.807, 2.05) is 0 Å². The van der Waals surface area contributed by atoms with Crippen molar-refractivity contribution in [3.63, 3.8) is 0 Å². The van der Waals surface area contributed by atoms with Crippen molar-refractivity contribution in [1.82, 2.24) is 10.2 Å². The second-order valence-electron chi connectivity index (χ2n) is 8.06. The molecule has 3 rings (SSSR count). The highest BCUT2D eigenvalue weighted by Crippen LogP contribution is 2.44. The third-order valence-electron chi connectivity index (χ3n) is 5.11. The molecule has 158 valence electrons. The Bertz CT molecular complexity index is 901. The lowest BCUT2D eigenvalue weighted by atomic mass is 9.72. The number of nitrogens with one attached hydrogen (secondary N) is 1. The van der Waals surface area contributed by atoms with Gasteiger partial charge in [0, 0.05) is 17.1 Å². The SMILES string of the molecule is COC(=O)c1c(NC(=O)CCSc2nnc(N)s2)sc2c1CCC(C(C)(C)C)C2. The number of nitrogens with two attached hydrogens (primary N) is 1. The molecule has 1 aliphatic rings. The lowest BCUT2D eigenvalue weighted by molar-refractivity contribution is -0.115. The molecule has 0 bridgehead atoms. The second kappa shape index (κ2) is 9.01. The standard InChI is InChI=1S/C19H26N4O3S3/c1-19(2,3)10-5-6-11-12(9-10)28-15(14(11)16(25)26-4)21-13(24)7-8-27-18-23-22-17(20)29-18/h10H,5-9H2,1-4H3,(H2,20,22)(H,21,24). The number of thiophene rings is 1. The van der Waals surface area contributed by atoms with Gasteiger partial charge in [0.25, 0.3) is 0 Å². The minimum Gasteiger partial charge on any atom is -0.465 e. The molecule has 7 nitrogen and oxygen atoms in total. The molecule has 2 aromatic heterocycles. The number of nitrogen functional groups attached to an aromatic ring is 1. The molecule has 1 atom stereocenters. The third-order valence-corrected chi connectivity index (χ3v) is 8.17. The summed E-state index contributed by atoms with van der Waals surface area (Å²) in [7, 11) is 1.38.